The van der Waals surface area contributed by atoms with Crippen molar-refractivity contribution in [3.05, 3.63) is 60.2 Å². The highest BCUT2D eigenvalue weighted by molar-refractivity contribution is 6.38. The number of carbonyl (C=O) groups excluding carboxylic acids is 6. The van der Waals surface area contributed by atoms with Crippen LogP contribution in [0.25, 0.3) is 0 Å². The van der Waals surface area contributed by atoms with Crippen molar-refractivity contribution in [3.63, 3.8) is 0 Å². The van der Waals surface area contributed by atoms with Crippen molar-refractivity contribution in [3.8, 4) is 0 Å². The summed E-state index contributed by atoms with van der Waals surface area (Å²) in [5.74, 6) is -5.75. The van der Waals surface area contributed by atoms with E-state index in [9.17, 15) is 37.5 Å². The van der Waals surface area contributed by atoms with Gasteiger partial charge in [0.25, 0.3) is 11.8 Å². The topological polar surface area (TPSA) is 180 Å². The molecule has 282 valence electrons. The van der Waals surface area contributed by atoms with Crippen LogP contribution in [0.15, 0.2) is 48.9 Å². The molecule has 52 heavy (non-hydrogen) atoms. The average molecular weight is 726 g/mol. The van der Waals surface area contributed by atoms with Crippen LogP contribution in [0, 0.1) is 23.2 Å². The Morgan fingerprint density at radius 3 is 2.21 bits per heavy atom. The Balaban J connectivity index is 1.54. The fourth-order valence-electron chi connectivity index (χ4n) is 7.00. The highest BCUT2D eigenvalue weighted by atomic mass is 19.3. The van der Waals surface area contributed by atoms with Crippen molar-refractivity contribution in [2.75, 3.05) is 6.54 Å². The average Bonchev–Trinajstić information content (AvgIpc) is 3.70. The Kier molecular flexibility index (Phi) is 13.2. The van der Waals surface area contributed by atoms with Gasteiger partial charge in [-0.3, -0.25) is 33.8 Å². The van der Waals surface area contributed by atoms with Crippen molar-refractivity contribution in [2.24, 2.45) is 23.2 Å². The van der Waals surface area contributed by atoms with Gasteiger partial charge in [-0.05, 0) is 48.5 Å². The predicted octanol–water partition coefficient (Wildman–Crippen LogP) is 2.98. The van der Waals surface area contributed by atoms with Gasteiger partial charge in [-0.25, -0.2) is 13.8 Å². The number of aromatic nitrogens is 2. The van der Waals surface area contributed by atoms with E-state index in [0.717, 1.165) is 12.8 Å². The molecule has 13 nitrogen and oxygen atoms in total. The Hall–Kier alpha value is -4.82. The van der Waals surface area contributed by atoms with Crippen LogP contribution in [0.1, 0.15) is 89.3 Å². The van der Waals surface area contributed by atoms with Crippen molar-refractivity contribution in [2.45, 2.75) is 104 Å². The first-order chi connectivity index (χ1) is 24.5. The standard InChI is InChI=1S/C37H49F2N7O6/c1-20(2)28(44-32(48)26-18-40-15-16-41-26)33(49)45-31(37(4,5)6)36(52)46-19-23-13-10-14-24(23)29(46)34(50)43-25(17-27(38)39)30(47)35(51)42-21(3)22-11-8-7-9-12-22/h7-9,11-12,15-16,18,20-21,23-25,27-29,31H,10,13-14,17,19H2,1-6H3,(H,42,51)(H,43,50)(H,44,48)(H,45,49)/t21-,23-,24-,25+,28-,29-,31+/m0/s1. The molecule has 0 spiro atoms. The Morgan fingerprint density at radius 1 is 0.923 bits per heavy atom. The summed E-state index contributed by atoms with van der Waals surface area (Å²) in [6.45, 7) is 10.5. The van der Waals surface area contributed by atoms with Gasteiger partial charge < -0.3 is 26.2 Å². The molecule has 0 radical (unpaired) electrons. The van der Waals surface area contributed by atoms with Gasteiger partial charge in [-0.1, -0.05) is 71.4 Å². The predicted molar refractivity (Wildman–Crippen MR) is 186 cm³/mol. The van der Waals surface area contributed by atoms with Crippen LogP contribution in [-0.2, 0) is 24.0 Å². The first-order valence-corrected chi connectivity index (χ1v) is 17.7. The smallest absolute Gasteiger partial charge is 0.290 e. The summed E-state index contributed by atoms with van der Waals surface area (Å²) in [6, 6.07) is 2.98. The summed E-state index contributed by atoms with van der Waals surface area (Å²) in [5, 5.41) is 10.4. The van der Waals surface area contributed by atoms with Crippen molar-refractivity contribution in [1.29, 1.82) is 0 Å². The summed E-state index contributed by atoms with van der Waals surface area (Å²) in [4.78, 5) is 90.5. The lowest BCUT2D eigenvalue weighted by Gasteiger charge is -2.37. The molecular weight excluding hydrogens is 676 g/mol. The molecule has 4 rings (SSSR count). The molecule has 2 fully saturated rings. The summed E-state index contributed by atoms with van der Waals surface area (Å²) < 4.78 is 27.5. The van der Waals surface area contributed by atoms with E-state index in [1.807, 2.05) is 0 Å². The molecule has 2 heterocycles. The first kappa shape index (κ1) is 40.0. The van der Waals surface area contributed by atoms with Crippen molar-refractivity contribution >= 4 is 35.3 Å². The number of nitrogens with one attached hydrogen (secondary N) is 4. The monoisotopic (exact) mass is 725 g/mol. The Bertz CT molecular complexity index is 1600. The fraction of sp³-hybridized carbons (Fsp3) is 0.568. The second-order valence-corrected chi connectivity index (χ2v) is 15.0. The van der Waals surface area contributed by atoms with Crippen LogP contribution in [0.3, 0.4) is 0 Å². The molecule has 15 heteroatoms. The number of hydrogen-bond acceptors (Lipinski definition) is 8. The SMILES string of the molecule is CC(C)[C@H](NC(=O)c1cnccn1)C(=O)N[C@H](C(=O)N1C[C@@H]2CCC[C@@H]2[C@H]1C(=O)N[C@H](CC(F)F)C(=O)C(=O)N[C@@H](C)c1ccccc1)C(C)(C)C. The van der Waals surface area contributed by atoms with E-state index < -0.39 is 89.7 Å². The molecule has 0 bridgehead atoms. The van der Waals surface area contributed by atoms with Crippen LogP contribution < -0.4 is 21.3 Å². The quantitative estimate of drug-likeness (QED) is 0.215. The fourth-order valence-corrected chi connectivity index (χ4v) is 7.00. The van der Waals surface area contributed by atoms with E-state index in [4.69, 9.17) is 0 Å². The van der Waals surface area contributed by atoms with E-state index in [0.29, 0.717) is 12.0 Å². The van der Waals surface area contributed by atoms with Gasteiger partial charge in [0, 0.05) is 25.4 Å². The van der Waals surface area contributed by atoms with Gasteiger partial charge in [0.05, 0.1) is 12.2 Å². The van der Waals surface area contributed by atoms with Crippen LogP contribution in [0.2, 0.25) is 0 Å². The minimum Gasteiger partial charge on any atom is -0.344 e. The second-order valence-electron chi connectivity index (χ2n) is 15.0. The van der Waals surface area contributed by atoms with Gasteiger partial charge in [0.1, 0.15) is 29.9 Å². The molecule has 0 unspecified atom stereocenters. The van der Waals surface area contributed by atoms with Crippen molar-refractivity contribution < 1.29 is 37.5 Å². The molecule has 4 N–H and O–H groups in total. The number of halogens is 2. The molecular formula is C37H49F2N7O6. The minimum absolute atomic E-state index is 0.00803. The highest BCUT2D eigenvalue weighted by Crippen LogP contribution is 2.43. The number of fused-ring (bicyclic) bond motifs is 1. The molecule has 2 aliphatic rings. The summed E-state index contributed by atoms with van der Waals surface area (Å²) in [6.07, 6.45) is 2.02. The molecule has 2 aromatic rings. The first-order valence-electron chi connectivity index (χ1n) is 17.7. The van der Waals surface area contributed by atoms with Gasteiger partial charge in [-0.2, -0.15) is 0 Å². The van der Waals surface area contributed by atoms with E-state index in [1.165, 1.54) is 23.5 Å². The Labute approximate surface area is 302 Å². The molecule has 7 atom stereocenters. The third-order valence-electron chi connectivity index (χ3n) is 9.79. The molecule has 1 aromatic heterocycles. The Morgan fingerprint density at radius 2 is 1.62 bits per heavy atom. The maximum absolute atomic E-state index is 14.4. The number of likely N-dealkylation sites (tertiary alicyclic amines) is 1. The number of nitrogens with zero attached hydrogens (tertiary/aromatic N) is 3. The lowest BCUT2D eigenvalue weighted by Crippen LogP contribution is -2.62. The zero-order valence-electron chi connectivity index (χ0n) is 30.4. The number of Topliss-reactive ketones (excluding diaryl/α,β-unsaturated/α-hetero) is 1. The van der Waals surface area contributed by atoms with Crippen molar-refractivity contribution in [1.82, 2.24) is 36.1 Å². The number of amides is 5. The maximum atomic E-state index is 14.4. The van der Waals surface area contributed by atoms with Crippen LogP contribution in [-0.4, -0.2) is 87.3 Å². The van der Waals surface area contributed by atoms with Crippen LogP contribution in [0.5, 0.6) is 0 Å². The lowest BCUT2D eigenvalue weighted by atomic mass is 9.85. The number of benzene rings is 1. The third-order valence-corrected chi connectivity index (χ3v) is 9.79. The van der Waals surface area contributed by atoms with E-state index in [1.54, 1.807) is 71.9 Å². The van der Waals surface area contributed by atoms with E-state index >= 15 is 0 Å². The normalized spacial score (nSPS) is 20.7. The van der Waals surface area contributed by atoms with E-state index in [-0.39, 0.29) is 24.1 Å². The largest absolute Gasteiger partial charge is 0.344 e. The summed E-state index contributed by atoms with van der Waals surface area (Å²) >= 11 is 0. The summed E-state index contributed by atoms with van der Waals surface area (Å²) in [5.41, 5.74) is -0.170. The van der Waals surface area contributed by atoms with Crippen LogP contribution >= 0.6 is 0 Å². The van der Waals surface area contributed by atoms with E-state index in [2.05, 4.69) is 31.2 Å². The van der Waals surface area contributed by atoms with Gasteiger partial charge in [-0.15, -0.1) is 0 Å². The zero-order chi connectivity index (χ0) is 38.3. The number of rotatable bonds is 14. The lowest BCUT2D eigenvalue weighted by molar-refractivity contribution is -0.146. The van der Waals surface area contributed by atoms with Crippen LogP contribution in [0.4, 0.5) is 8.78 Å². The molecule has 1 saturated carbocycles. The van der Waals surface area contributed by atoms with Gasteiger partial charge in [0.15, 0.2) is 0 Å². The number of hydrogen-bond donors (Lipinski definition) is 4. The molecule has 1 saturated heterocycles. The maximum Gasteiger partial charge on any atom is 0.290 e. The van der Waals surface area contributed by atoms with Gasteiger partial charge in [0.2, 0.25) is 29.9 Å². The third kappa shape index (κ3) is 9.73. The number of ketones is 1. The molecule has 1 aliphatic carbocycles. The second kappa shape index (κ2) is 17.1. The minimum atomic E-state index is -3.02. The molecule has 1 aromatic carbocycles. The highest BCUT2D eigenvalue weighted by Gasteiger charge is 2.52. The van der Waals surface area contributed by atoms with Gasteiger partial charge >= 0.3 is 0 Å². The molecule has 1 aliphatic heterocycles. The zero-order valence-corrected chi connectivity index (χ0v) is 30.4. The molecule has 5 amide bonds. The number of alkyl halides is 2. The summed E-state index contributed by atoms with van der Waals surface area (Å²) in [7, 11) is 0. The number of carbonyl (C=O) groups is 6.